The minimum atomic E-state index is 0.0563. The van der Waals surface area contributed by atoms with Gasteiger partial charge in [0.25, 0.3) is 5.91 Å². The molecule has 1 aliphatic rings. The second-order valence-corrected chi connectivity index (χ2v) is 6.39. The van der Waals surface area contributed by atoms with E-state index in [-0.39, 0.29) is 11.9 Å². The standard InChI is InChI=1S/C15H18N2O2S/c1-10(2)13-9-11(16-19-13)12-5-3-7-17(12)15(18)14-6-4-8-20-14/h4,6,8-10,12H,3,5,7H2,1-2H3/t12-/m0/s1. The summed E-state index contributed by atoms with van der Waals surface area (Å²) in [4.78, 5) is 15.2. The lowest BCUT2D eigenvalue weighted by atomic mass is 10.1. The summed E-state index contributed by atoms with van der Waals surface area (Å²) in [5.41, 5.74) is 0.885. The van der Waals surface area contributed by atoms with Gasteiger partial charge in [0.15, 0.2) is 0 Å². The van der Waals surface area contributed by atoms with Crippen molar-refractivity contribution in [1.29, 1.82) is 0 Å². The third-order valence-electron chi connectivity index (χ3n) is 3.70. The molecule has 0 spiro atoms. The van der Waals surface area contributed by atoms with Crippen LogP contribution < -0.4 is 0 Å². The first-order valence-electron chi connectivity index (χ1n) is 6.98. The van der Waals surface area contributed by atoms with Gasteiger partial charge < -0.3 is 9.42 Å². The molecular formula is C15H18N2O2S. The van der Waals surface area contributed by atoms with Crippen molar-refractivity contribution >= 4 is 17.2 Å². The normalized spacial score (nSPS) is 18.9. The average Bonchev–Trinajstić information content (AvgIpc) is 3.17. The van der Waals surface area contributed by atoms with Crippen LogP contribution in [0, 0.1) is 0 Å². The van der Waals surface area contributed by atoms with Crippen molar-refractivity contribution < 1.29 is 9.32 Å². The number of thiophene rings is 1. The Labute approximate surface area is 122 Å². The van der Waals surface area contributed by atoms with Gasteiger partial charge in [0, 0.05) is 18.5 Å². The molecule has 1 atom stereocenters. The summed E-state index contributed by atoms with van der Waals surface area (Å²) in [6.07, 6.45) is 1.98. The van der Waals surface area contributed by atoms with Gasteiger partial charge in [-0.15, -0.1) is 11.3 Å². The molecule has 3 rings (SSSR count). The number of amides is 1. The Balaban J connectivity index is 1.83. The van der Waals surface area contributed by atoms with Gasteiger partial charge in [-0.1, -0.05) is 25.1 Å². The van der Waals surface area contributed by atoms with Crippen LogP contribution in [0.4, 0.5) is 0 Å². The molecule has 0 saturated carbocycles. The Kier molecular flexibility index (Phi) is 3.61. The summed E-state index contributed by atoms with van der Waals surface area (Å²) in [5.74, 6) is 1.31. The number of hydrogen-bond donors (Lipinski definition) is 0. The Morgan fingerprint density at radius 3 is 3.05 bits per heavy atom. The zero-order chi connectivity index (χ0) is 14.1. The molecule has 0 radical (unpaired) electrons. The molecule has 4 nitrogen and oxygen atoms in total. The van der Waals surface area contributed by atoms with E-state index in [0.29, 0.717) is 5.92 Å². The third-order valence-corrected chi connectivity index (χ3v) is 4.56. The molecule has 1 fully saturated rings. The number of carbonyl (C=O) groups is 1. The molecule has 1 amide bonds. The van der Waals surface area contributed by atoms with Crippen LogP contribution in [-0.4, -0.2) is 22.5 Å². The van der Waals surface area contributed by atoms with Gasteiger partial charge >= 0.3 is 0 Å². The molecule has 2 aromatic rings. The first kappa shape index (κ1) is 13.4. The number of rotatable bonds is 3. The second kappa shape index (κ2) is 5.40. The third kappa shape index (κ3) is 2.38. The van der Waals surface area contributed by atoms with Crippen molar-refractivity contribution in [2.24, 2.45) is 0 Å². The fourth-order valence-corrected chi connectivity index (χ4v) is 3.27. The van der Waals surface area contributed by atoms with Crippen molar-refractivity contribution in [2.45, 2.75) is 38.6 Å². The van der Waals surface area contributed by atoms with Crippen molar-refractivity contribution in [2.75, 3.05) is 6.54 Å². The Morgan fingerprint density at radius 2 is 2.40 bits per heavy atom. The maximum Gasteiger partial charge on any atom is 0.264 e. The lowest BCUT2D eigenvalue weighted by Gasteiger charge is -2.22. The number of hydrogen-bond acceptors (Lipinski definition) is 4. The fraction of sp³-hybridized carbons (Fsp3) is 0.467. The summed E-state index contributed by atoms with van der Waals surface area (Å²) in [6, 6.07) is 5.84. The highest BCUT2D eigenvalue weighted by molar-refractivity contribution is 7.12. The first-order chi connectivity index (χ1) is 9.66. The first-order valence-corrected chi connectivity index (χ1v) is 7.85. The minimum Gasteiger partial charge on any atom is -0.361 e. The average molecular weight is 290 g/mol. The van der Waals surface area contributed by atoms with Gasteiger partial charge in [-0.05, 0) is 24.3 Å². The highest BCUT2D eigenvalue weighted by Gasteiger charge is 2.33. The molecule has 1 saturated heterocycles. The van der Waals surface area contributed by atoms with E-state index < -0.39 is 0 Å². The van der Waals surface area contributed by atoms with Crippen molar-refractivity contribution in [3.63, 3.8) is 0 Å². The smallest absolute Gasteiger partial charge is 0.264 e. The van der Waals surface area contributed by atoms with E-state index in [2.05, 4.69) is 19.0 Å². The van der Waals surface area contributed by atoms with Crippen LogP contribution in [0.2, 0.25) is 0 Å². The van der Waals surface area contributed by atoms with Crippen LogP contribution in [0.5, 0.6) is 0 Å². The van der Waals surface area contributed by atoms with E-state index >= 15 is 0 Å². The van der Waals surface area contributed by atoms with Gasteiger partial charge in [0.05, 0.1) is 10.9 Å². The second-order valence-electron chi connectivity index (χ2n) is 5.44. The van der Waals surface area contributed by atoms with Gasteiger partial charge in [-0.25, -0.2) is 0 Å². The molecule has 5 heteroatoms. The summed E-state index contributed by atoms with van der Waals surface area (Å²) >= 11 is 1.49. The van der Waals surface area contributed by atoms with Crippen LogP contribution in [0.3, 0.4) is 0 Å². The predicted molar refractivity (Wildman–Crippen MR) is 77.9 cm³/mol. The lowest BCUT2D eigenvalue weighted by molar-refractivity contribution is 0.0735. The largest absolute Gasteiger partial charge is 0.361 e. The topological polar surface area (TPSA) is 46.3 Å². The molecule has 2 aromatic heterocycles. The maximum absolute atomic E-state index is 12.5. The van der Waals surface area contributed by atoms with Crippen molar-refractivity contribution in [1.82, 2.24) is 10.1 Å². The van der Waals surface area contributed by atoms with E-state index in [1.807, 2.05) is 28.5 Å². The minimum absolute atomic E-state index is 0.0563. The van der Waals surface area contributed by atoms with E-state index in [9.17, 15) is 4.79 Å². The van der Waals surface area contributed by atoms with Gasteiger partial charge in [0.1, 0.15) is 11.5 Å². The Morgan fingerprint density at radius 1 is 1.55 bits per heavy atom. The van der Waals surface area contributed by atoms with Crippen LogP contribution in [0.1, 0.15) is 59.8 Å². The SMILES string of the molecule is CC(C)c1cc([C@@H]2CCCN2C(=O)c2cccs2)no1. The fourth-order valence-electron chi connectivity index (χ4n) is 2.59. The predicted octanol–water partition coefficient (Wildman–Crippen LogP) is 3.84. The van der Waals surface area contributed by atoms with E-state index in [1.165, 1.54) is 11.3 Å². The van der Waals surface area contributed by atoms with Gasteiger partial charge in [0.2, 0.25) is 0 Å². The van der Waals surface area contributed by atoms with Crippen molar-refractivity contribution in [3.8, 4) is 0 Å². The zero-order valence-electron chi connectivity index (χ0n) is 11.7. The summed E-state index contributed by atoms with van der Waals surface area (Å²) in [7, 11) is 0. The molecule has 0 aliphatic carbocycles. The molecule has 0 N–H and O–H groups in total. The van der Waals surface area contributed by atoms with Crippen LogP contribution >= 0.6 is 11.3 Å². The molecule has 106 valence electrons. The highest BCUT2D eigenvalue weighted by Crippen LogP contribution is 2.34. The molecule has 0 bridgehead atoms. The summed E-state index contributed by atoms with van der Waals surface area (Å²) < 4.78 is 5.37. The maximum atomic E-state index is 12.5. The monoisotopic (exact) mass is 290 g/mol. The number of aromatic nitrogens is 1. The van der Waals surface area contributed by atoms with E-state index in [0.717, 1.165) is 35.7 Å². The molecule has 3 heterocycles. The van der Waals surface area contributed by atoms with E-state index in [1.54, 1.807) is 0 Å². The van der Waals surface area contributed by atoms with Crippen LogP contribution in [0.25, 0.3) is 0 Å². The highest BCUT2D eigenvalue weighted by atomic mass is 32.1. The van der Waals surface area contributed by atoms with Crippen molar-refractivity contribution in [3.05, 3.63) is 39.9 Å². The van der Waals surface area contributed by atoms with Gasteiger partial charge in [-0.2, -0.15) is 0 Å². The Bertz CT molecular complexity index is 589. The number of carbonyl (C=O) groups excluding carboxylic acids is 1. The molecule has 20 heavy (non-hydrogen) atoms. The van der Waals surface area contributed by atoms with E-state index in [4.69, 9.17) is 4.52 Å². The zero-order valence-corrected chi connectivity index (χ0v) is 12.5. The number of nitrogens with zero attached hydrogens (tertiary/aromatic N) is 2. The molecule has 1 aliphatic heterocycles. The van der Waals surface area contributed by atoms with Crippen LogP contribution in [-0.2, 0) is 0 Å². The molecule has 0 aromatic carbocycles. The molecular weight excluding hydrogens is 272 g/mol. The Hall–Kier alpha value is -1.62. The number of likely N-dealkylation sites (tertiary alicyclic amines) is 1. The summed E-state index contributed by atoms with van der Waals surface area (Å²) in [5, 5.41) is 6.10. The summed E-state index contributed by atoms with van der Waals surface area (Å²) in [6.45, 7) is 4.95. The lowest BCUT2D eigenvalue weighted by Crippen LogP contribution is -2.30. The quantitative estimate of drug-likeness (QED) is 0.863. The van der Waals surface area contributed by atoms with Gasteiger partial charge in [-0.3, -0.25) is 4.79 Å². The molecule has 0 unspecified atom stereocenters. The van der Waals surface area contributed by atoms with Crippen LogP contribution in [0.15, 0.2) is 28.1 Å².